The molecule has 0 saturated heterocycles. The quantitative estimate of drug-likeness (QED) is 0.290. The lowest BCUT2D eigenvalue weighted by Crippen LogP contribution is -2.03. The summed E-state index contributed by atoms with van der Waals surface area (Å²) in [5.74, 6) is 0.889. The summed E-state index contributed by atoms with van der Waals surface area (Å²) in [7, 11) is 0. The highest BCUT2D eigenvalue weighted by Gasteiger charge is 2.11. The maximum Gasteiger partial charge on any atom is -0.0292 e. The van der Waals surface area contributed by atoms with Gasteiger partial charge in [0.05, 0.1) is 0 Å². The van der Waals surface area contributed by atoms with E-state index in [2.05, 4.69) is 38.5 Å². The van der Waals surface area contributed by atoms with E-state index in [0.717, 1.165) is 5.92 Å². The Hall–Kier alpha value is -0.520. The van der Waals surface area contributed by atoms with Gasteiger partial charge in [-0.05, 0) is 76.5 Å². The molecule has 1 atom stereocenters. The van der Waals surface area contributed by atoms with Gasteiger partial charge in [0.25, 0.3) is 0 Å². The molecule has 1 radical (unpaired) electrons. The zero-order valence-corrected chi connectivity index (χ0v) is 14.6. The van der Waals surface area contributed by atoms with Crippen LogP contribution in [-0.2, 0) is 0 Å². The Morgan fingerprint density at radius 3 is 2.71 bits per heavy atom. The molecule has 1 aliphatic rings. The summed E-state index contributed by atoms with van der Waals surface area (Å²) in [6.45, 7) is 4.47. The van der Waals surface area contributed by atoms with Crippen LogP contribution in [0.1, 0.15) is 97.3 Å². The number of hydrogen-bond acceptors (Lipinski definition) is 0. The van der Waals surface area contributed by atoms with Gasteiger partial charge in [-0.3, -0.25) is 0 Å². The lowest BCUT2D eigenvalue weighted by molar-refractivity contribution is 0.449. The van der Waals surface area contributed by atoms with Crippen LogP contribution in [-0.4, -0.2) is 0 Å². The molecular formula is C21H37. The monoisotopic (exact) mass is 289 g/mol. The number of hydrogen-bond donors (Lipinski definition) is 0. The first-order valence-corrected chi connectivity index (χ1v) is 9.47. The minimum absolute atomic E-state index is 0.889. The second-order valence-corrected chi connectivity index (χ2v) is 6.72. The lowest BCUT2D eigenvalue weighted by Gasteiger charge is -2.19. The van der Waals surface area contributed by atoms with Crippen molar-refractivity contribution in [2.24, 2.45) is 5.92 Å². The van der Waals surface area contributed by atoms with E-state index in [1.54, 1.807) is 5.57 Å². The van der Waals surface area contributed by atoms with Crippen molar-refractivity contribution < 1.29 is 0 Å². The highest BCUT2D eigenvalue weighted by molar-refractivity contribution is 5.04. The topological polar surface area (TPSA) is 0 Å². The Morgan fingerprint density at radius 2 is 1.90 bits per heavy atom. The summed E-state index contributed by atoms with van der Waals surface area (Å²) < 4.78 is 0. The van der Waals surface area contributed by atoms with Crippen molar-refractivity contribution in [1.29, 1.82) is 0 Å². The molecule has 1 rings (SSSR count). The molecule has 1 unspecified atom stereocenters. The van der Waals surface area contributed by atoms with Crippen molar-refractivity contribution in [2.45, 2.75) is 97.3 Å². The number of unbranched alkanes of at least 4 members (excludes halogenated alkanes) is 2. The van der Waals surface area contributed by atoms with E-state index in [0.29, 0.717) is 0 Å². The van der Waals surface area contributed by atoms with E-state index in [4.69, 9.17) is 0 Å². The summed E-state index contributed by atoms with van der Waals surface area (Å²) in [4.78, 5) is 0. The molecule has 0 heteroatoms. The van der Waals surface area contributed by atoms with Gasteiger partial charge >= 0.3 is 0 Å². The average molecular weight is 290 g/mol. The van der Waals surface area contributed by atoms with Crippen LogP contribution in [0.5, 0.6) is 0 Å². The molecule has 0 bridgehead atoms. The molecule has 0 saturated carbocycles. The first kappa shape index (κ1) is 18.5. The number of allylic oxidation sites excluding steroid dienone is 4. The summed E-state index contributed by atoms with van der Waals surface area (Å²) in [6, 6.07) is 0. The third kappa shape index (κ3) is 9.93. The van der Waals surface area contributed by atoms with Gasteiger partial charge < -0.3 is 0 Å². The second-order valence-electron chi connectivity index (χ2n) is 6.72. The van der Waals surface area contributed by atoms with E-state index >= 15 is 0 Å². The molecular weight excluding hydrogens is 252 g/mol. The summed E-state index contributed by atoms with van der Waals surface area (Å²) in [5.41, 5.74) is 1.77. The van der Waals surface area contributed by atoms with Crippen LogP contribution < -0.4 is 0 Å². The Morgan fingerprint density at radius 1 is 1.10 bits per heavy atom. The van der Waals surface area contributed by atoms with Crippen molar-refractivity contribution in [3.8, 4) is 0 Å². The van der Waals surface area contributed by atoms with Gasteiger partial charge in [-0.15, -0.1) is 0 Å². The molecule has 0 nitrogen and oxygen atoms in total. The smallest absolute Gasteiger partial charge is 0.0292 e. The van der Waals surface area contributed by atoms with Crippen molar-refractivity contribution >= 4 is 0 Å². The fourth-order valence-corrected chi connectivity index (χ4v) is 3.38. The summed E-state index contributed by atoms with van der Waals surface area (Å²) in [6.07, 6.45) is 27.4. The van der Waals surface area contributed by atoms with Gasteiger partial charge in [0, 0.05) is 0 Å². The van der Waals surface area contributed by atoms with Crippen LogP contribution in [0.25, 0.3) is 0 Å². The van der Waals surface area contributed by atoms with Crippen LogP contribution in [0.3, 0.4) is 0 Å². The molecule has 0 N–H and O–H groups in total. The van der Waals surface area contributed by atoms with Crippen LogP contribution in [0, 0.1) is 12.3 Å². The zero-order chi connectivity index (χ0) is 15.2. The Bertz CT molecular complexity index is 284. The second kappa shape index (κ2) is 13.2. The maximum absolute atomic E-state index is 2.57. The molecule has 0 aliphatic heterocycles. The van der Waals surface area contributed by atoms with Crippen LogP contribution in [0.2, 0.25) is 0 Å². The lowest BCUT2D eigenvalue weighted by atomic mass is 9.87. The van der Waals surface area contributed by atoms with Gasteiger partial charge in [-0.2, -0.15) is 0 Å². The van der Waals surface area contributed by atoms with Gasteiger partial charge in [-0.25, -0.2) is 0 Å². The van der Waals surface area contributed by atoms with E-state index in [1.165, 1.54) is 83.5 Å². The molecule has 1 aliphatic carbocycles. The molecule has 0 heterocycles. The minimum atomic E-state index is 0.889. The van der Waals surface area contributed by atoms with Gasteiger partial charge in [0.1, 0.15) is 0 Å². The highest BCUT2D eigenvalue weighted by atomic mass is 14.2. The van der Waals surface area contributed by atoms with E-state index in [9.17, 15) is 0 Å². The fraction of sp³-hybridized carbons (Fsp3) is 0.762. The van der Waals surface area contributed by atoms with E-state index in [1.807, 2.05) is 0 Å². The normalized spacial score (nSPS) is 18.3. The van der Waals surface area contributed by atoms with Crippen molar-refractivity contribution in [2.75, 3.05) is 0 Å². The molecule has 121 valence electrons. The molecule has 0 spiro atoms. The molecule has 0 aromatic heterocycles. The zero-order valence-electron chi connectivity index (χ0n) is 14.6. The average Bonchev–Trinajstić information content (AvgIpc) is 2.45. The van der Waals surface area contributed by atoms with Gasteiger partial charge in [0.15, 0.2) is 0 Å². The maximum atomic E-state index is 2.57. The first-order chi connectivity index (χ1) is 10.4. The molecule has 0 amide bonds. The predicted molar refractivity (Wildman–Crippen MR) is 96.4 cm³/mol. The van der Waals surface area contributed by atoms with Gasteiger partial charge in [-0.1, -0.05) is 56.9 Å². The third-order valence-electron chi connectivity index (χ3n) is 4.61. The Balaban J connectivity index is 2.30. The Kier molecular flexibility index (Phi) is 11.6. The first-order valence-electron chi connectivity index (χ1n) is 9.47. The minimum Gasteiger partial charge on any atom is -0.0885 e. The molecule has 21 heavy (non-hydrogen) atoms. The molecule has 0 fully saturated rings. The van der Waals surface area contributed by atoms with Crippen molar-refractivity contribution in [1.82, 2.24) is 0 Å². The predicted octanol–water partition coefficient (Wildman–Crippen LogP) is 7.41. The van der Waals surface area contributed by atoms with Crippen LogP contribution in [0.4, 0.5) is 0 Å². The fourth-order valence-electron chi connectivity index (χ4n) is 3.38. The Labute approximate surface area is 134 Å². The SMILES string of the molecule is C[CH]CC(CCCC=CCCC)CC1=CCCCCCC1. The largest absolute Gasteiger partial charge is 0.0885 e. The van der Waals surface area contributed by atoms with Crippen molar-refractivity contribution in [3.05, 3.63) is 30.2 Å². The molecule has 0 aromatic carbocycles. The summed E-state index contributed by atoms with van der Waals surface area (Å²) in [5, 5.41) is 0. The highest BCUT2D eigenvalue weighted by Crippen LogP contribution is 2.27. The van der Waals surface area contributed by atoms with Gasteiger partial charge in [0.2, 0.25) is 0 Å². The van der Waals surface area contributed by atoms with Crippen molar-refractivity contribution in [3.63, 3.8) is 0 Å². The third-order valence-corrected chi connectivity index (χ3v) is 4.61. The summed E-state index contributed by atoms with van der Waals surface area (Å²) >= 11 is 0. The van der Waals surface area contributed by atoms with E-state index < -0.39 is 0 Å². The van der Waals surface area contributed by atoms with Crippen LogP contribution >= 0.6 is 0 Å². The van der Waals surface area contributed by atoms with E-state index in [-0.39, 0.29) is 0 Å². The number of rotatable bonds is 10. The standard InChI is InChI=1S/C21H37/c1-3-5-6-7-9-12-16-20(15-4-2)19-21-17-13-10-8-11-14-18-21/h4,6-7,17,20H,3,5,8-16,18-19H2,1-2H3. The molecule has 0 aromatic rings. The van der Waals surface area contributed by atoms with Crippen LogP contribution in [0.15, 0.2) is 23.8 Å².